The molecule has 1 aromatic carbocycles. The predicted octanol–water partition coefficient (Wildman–Crippen LogP) is 3.08. The second-order valence-corrected chi connectivity index (χ2v) is 9.07. The molecule has 1 aliphatic rings. The molecule has 33 heavy (non-hydrogen) atoms. The molecule has 0 aliphatic carbocycles. The summed E-state index contributed by atoms with van der Waals surface area (Å²) >= 11 is 0. The van der Waals surface area contributed by atoms with Gasteiger partial charge in [-0.05, 0) is 56.0 Å². The number of ether oxygens (including phenoxy) is 1. The fourth-order valence-electron chi connectivity index (χ4n) is 3.80. The summed E-state index contributed by atoms with van der Waals surface area (Å²) in [5, 5.41) is 12.4. The van der Waals surface area contributed by atoms with Gasteiger partial charge in [0.25, 0.3) is 0 Å². The maximum atomic E-state index is 14.3. The van der Waals surface area contributed by atoms with E-state index in [0.29, 0.717) is 5.56 Å². The van der Waals surface area contributed by atoms with Crippen molar-refractivity contribution in [2.75, 3.05) is 0 Å². The van der Waals surface area contributed by atoms with Gasteiger partial charge in [-0.1, -0.05) is 18.2 Å². The van der Waals surface area contributed by atoms with Crippen LogP contribution in [0.3, 0.4) is 0 Å². The molecular weight excluding hydrogens is 429 g/mol. The number of carboxylic acids is 1. The van der Waals surface area contributed by atoms with E-state index in [2.05, 4.69) is 10.3 Å². The van der Waals surface area contributed by atoms with E-state index >= 15 is 0 Å². The molecule has 2 heterocycles. The SMILES string of the molecule is CC(C)(C)OC(=O)N[C@@H](CC(=O)N1Cc2cnccc2CC1C(=O)O)Cc1ccccc1F. The average Bonchev–Trinajstić information content (AvgIpc) is 2.72. The molecule has 1 aliphatic heterocycles. The van der Waals surface area contributed by atoms with Crippen LogP contribution in [0.1, 0.15) is 43.9 Å². The van der Waals surface area contributed by atoms with Crippen LogP contribution in [0, 0.1) is 5.82 Å². The number of pyridine rings is 1. The van der Waals surface area contributed by atoms with Gasteiger partial charge in [-0.25, -0.2) is 14.0 Å². The second-order valence-electron chi connectivity index (χ2n) is 9.07. The lowest BCUT2D eigenvalue weighted by molar-refractivity contribution is -0.151. The third-order valence-electron chi connectivity index (χ3n) is 5.31. The van der Waals surface area contributed by atoms with Crippen molar-refractivity contribution in [3.05, 3.63) is 65.2 Å². The summed E-state index contributed by atoms with van der Waals surface area (Å²) in [5.41, 5.74) is 1.17. The fourth-order valence-corrected chi connectivity index (χ4v) is 3.80. The molecule has 9 heteroatoms. The van der Waals surface area contributed by atoms with Crippen LogP contribution in [0.2, 0.25) is 0 Å². The van der Waals surface area contributed by atoms with Gasteiger partial charge < -0.3 is 20.1 Å². The van der Waals surface area contributed by atoms with Crippen molar-refractivity contribution < 1.29 is 28.6 Å². The number of rotatable bonds is 6. The molecule has 2 aromatic rings. The van der Waals surface area contributed by atoms with Gasteiger partial charge in [-0.15, -0.1) is 0 Å². The number of benzene rings is 1. The van der Waals surface area contributed by atoms with Gasteiger partial charge in [0, 0.05) is 37.8 Å². The highest BCUT2D eigenvalue weighted by molar-refractivity contribution is 5.85. The normalized spacial score (nSPS) is 16.5. The minimum absolute atomic E-state index is 0.0430. The Labute approximate surface area is 191 Å². The summed E-state index contributed by atoms with van der Waals surface area (Å²) in [7, 11) is 0. The van der Waals surface area contributed by atoms with Crippen LogP contribution in [-0.4, -0.2) is 50.6 Å². The number of alkyl carbamates (subject to hydrolysis) is 1. The molecule has 2 N–H and O–H groups in total. The molecule has 0 spiro atoms. The first kappa shape index (κ1) is 24.2. The predicted molar refractivity (Wildman–Crippen MR) is 118 cm³/mol. The van der Waals surface area contributed by atoms with E-state index in [1.807, 2.05) is 0 Å². The number of amides is 2. The van der Waals surface area contributed by atoms with E-state index in [-0.39, 0.29) is 25.8 Å². The van der Waals surface area contributed by atoms with Crippen molar-refractivity contribution in [1.29, 1.82) is 0 Å². The molecule has 1 aromatic heterocycles. The molecule has 0 fully saturated rings. The minimum Gasteiger partial charge on any atom is -0.480 e. The number of aromatic nitrogens is 1. The van der Waals surface area contributed by atoms with Gasteiger partial charge in [0.1, 0.15) is 17.5 Å². The number of carbonyl (C=O) groups is 3. The van der Waals surface area contributed by atoms with Crippen LogP contribution in [-0.2, 0) is 33.7 Å². The van der Waals surface area contributed by atoms with Gasteiger partial charge in [0.05, 0.1) is 0 Å². The zero-order valence-corrected chi connectivity index (χ0v) is 18.9. The van der Waals surface area contributed by atoms with Crippen molar-refractivity contribution in [2.45, 2.75) is 64.3 Å². The standard InChI is InChI=1S/C24H28FN3O5/c1-24(2,3)33-23(32)27-18(10-16-6-4-5-7-19(16)25)12-21(29)28-14-17-13-26-9-8-15(17)11-20(28)22(30)31/h4-9,13,18,20H,10-12,14H2,1-3H3,(H,27,32)(H,30,31)/t18-,20?/m1/s1. The zero-order chi connectivity index (χ0) is 24.2. The molecule has 0 radical (unpaired) electrons. The van der Waals surface area contributed by atoms with Crippen molar-refractivity contribution in [3.63, 3.8) is 0 Å². The number of halogens is 1. The Bertz CT molecular complexity index is 1040. The molecule has 0 saturated carbocycles. The highest BCUT2D eigenvalue weighted by Crippen LogP contribution is 2.24. The van der Waals surface area contributed by atoms with Gasteiger partial charge in [0.2, 0.25) is 5.91 Å². The summed E-state index contributed by atoms with van der Waals surface area (Å²) in [6, 6.07) is 6.01. The van der Waals surface area contributed by atoms with E-state index in [4.69, 9.17) is 4.74 Å². The molecule has 2 amide bonds. The zero-order valence-electron chi connectivity index (χ0n) is 18.9. The quantitative estimate of drug-likeness (QED) is 0.690. The number of fused-ring (bicyclic) bond motifs is 1. The molecular formula is C24H28FN3O5. The van der Waals surface area contributed by atoms with Crippen molar-refractivity contribution >= 4 is 18.0 Å². The number of carboxylic acid groups (broad SMARTS) is 1. The lowest BCUT2D eigenvalue weighted by Crippen LogP contribution is -2.51. The summed E-state index contributed by atoms with van der Waals surface area (Å²) in [6.45, 7) is 5.22. The summed E-state index contributed by atoms with van der Waals surface area (Å²) in [5.74, 6) is -2.03. The molecule has 1 unspecified atom stereocenters. The Morgan fingerprint density at radius 3 is 2.64 bits per heavy atom. The number of nitrogens with one attached hydrogen (secondary N) is 1. The second kappa shape index (κ2) is 9.97. The third-order valence-corrected chi connectivity index (χ3v) is 5.31. The Hall–Kier alpha value is -3.49. The topological polar surface area (TPSA) is 109 Å². The highest BCUT2D eigenvalue weighted by atomic mass is 19.1. The van der Waals surface area contributed by atoms with Crippen LogP contribution < -0.4 is 5.32 Å². The number of nitrogens with zero attached hydrogens (tertiary/aromatic N) is 2. The van der Waals surface area contributed by atoms with E-state index < -0.39 is 41.5 Å². The van der Waals surface area contributed by atoms with Crippen molar-refractivity contribution in [1.82, 2.24) is 15.2 Å². The van der Waals surface area contributed by atoms with E-state index in [1.54, 1.807) is 57.4 Å². The summed E-state index contributed by atoms with van der Waals surface area (Å²) in [6.07, 6.45) is 2.46. The maximum absolute atomic E-state index is 14.3. The van der Waals surface area contributed by atoms with E-state index in [0.717, 1.165) is 11.1 Å². The maximum Gasteiger partial charge on any atom is 0.407 e. The Kier molecular flexibility index (Phi) is 7.30. The largest absolute Gasteiger partial charge is 0.480 e. The van der Waals surface area contributed by atoms with Gasteiger partial charge >= 0.3 is 12.1 Å². The number of hydrogen-bond acceptors (Lipinski definition) is 5. The molecule has 0 saturated heterocycles. The van der Waals surface area contributed by atoms with Gasteiger partial charge in [-0.2, -0.15) is 0 Å². The lowest BCUT2D eigenvalue weighted by Gasteiger charge is -2.35. The first-order valence-electron chi connectivity index (χ1n) is 10.7. The Morgan fingerprint density at radius 1 is 1.24 bits per heavy atom. The van der Waals surface area contributed by atoms with Crippen LogP contribution in [0.25, 0.3) is 0 Å². The minimum atomic E-state index is -1.11. The molecule has 0 bridgehead atoms. The van der Waals surface area contributed by atoms with Crippen LogP contribution in [0.5, 0.6) is 0 Å². The smallest absolute Gasteiger partial charge is 0.407 e. The summed E-state index contributed by atoms with van der Waals surface area (Å²) in [4.78, 5) is 42.8. The van der Waals surface area contributed by atoms with Crippen molar-refractivity contribution in [3.8, 4) is 0 Å². The molecule has 3 rings (SSSR count). The van der Waals surface area contributed by atoms with Gasteiger partial charge in [-0.3, -0.25) is 9.78 Å². The number of aliphatic carboxylic acids is 1. The molecule has 8 nitrogen and oxygen atoms in total. The third kappa shape index (κ3) is 6.50. The Balaban J connectivity index is 1.81. The van der Waals surface area contributed by atoms with E-state index in [9.17, 15) is 23.9 Å². The van der Waals surface area contributed by atoms with Crippen LogP contribution >= 0.6 is 0 Å². The van der Waals surface area contributed by atoms with Crippen LogP contribution in [0.15, 0.2) is 42.7 Å². The first-order chi connectivity index (χ1) is 15.5. The first-order valence-corrected chi connectivity index (χ1v) is 10.7. The summed E-state index contributed by atoms with van der Waals surface area (Å²) < 4.78 is 19.6. The monoisotopic (exact) mass is 457 g/mol. The van der Waals surface area contributed by atoms with E-state index in [1.165, 1.54) is 11.0 Å². The molecule has 2 atom stereocenters. The van der Waals surface area contributed by atoms with Crippen molar-refractivity contribution in [2.24, 2.45) is 0 Å². The number of carbonyl (C=O) groups excluding carboxylic acids is 2. The van der Waals surface area contributed by atoms with Crippen LogP contribution in [0.4, 0.5) is 9.18 Å². The Morgan fingerprint density at radius 2 is 1.97 bits per heavy atom. The van der Waals surface area contributed by atoms with Gasteiger partial charge in [0.15, 0.2) is 0 Å². The fraction of sp³-hybridized carbons (Fsp3) is 0.417. The molecule has 176 valence electrons. The highest BCUT2D eigenvalue weighted by Gasteiger charge is 2.36. The average molecular weight is 458 g/mol. The number of hydrogen-bond donors (Lipinski definition) is 2. The lowest BCUT2D eigenvalue weighted by atomic mass is 9.94.